The van der Waals surface area contributed by atoms with E-state index in [4.69, 9.17) is 0 Å². The Morgan fingerprint density at radius 3 is 2.48 bits per heavy atom. The van der Waals surface area contributed by atoms with Crippen molar-refractivity contribution < 1.29 is 18.0 Å². The third-order valence-corrected chi connectivity index (χ3v) is 4.42. The number of hydrogen-bond donors (Lipinski definition) is 2. The lowest BCUT2D eigenvalue weighted by molar-refractivity contribution is -0.148. The highest BCUT2D eigenvalue weighted by Gasteiger charge is 2.32. The highest BCUT2D eigenvalue weighted by molar-refractivity contribution is 5.93. The predicted octanol–water partition coefficient (Wildman–Crippen LogP) is 2.19. The Bertz CT molecular complexity index is 844. The van der Waals surface area contributed by atoms with Gasteiger partial charge in [0.15, 0.2) is 0 Å². The molecule has 1 saturated heterocycles. The van der Waals surface area contributed by atoms with Crippen LogP contribution in [0.1, 0.15) is 23.2 Å². The van der Waals surface area contributed by atoms with Crippen molar-refractivity contribution in [3.05, 3.63) is 52.4 Å². The van der Waals surface area contributed by atoms with Crippen LogP contribution in [0.3, 0.4) is 0 Å². The van der Waals surface area contributed by atoms with E-state index < -0.39 is 24.2 Å². The highest BCUT2D eigenvalue weighted by Crippen LogP contribution is 2.20. The number of carbonyl (C=O) groups excluding carboxylic acids is 1. The summed E-state index contributed by atoms with van der Waals surface area (Å²) >= 11 is 0. The van der Waals surface area contributed by atoms with Crippen LogP contribution < -0.4 is 10.9 Å². The van der Waals surface area contributed by atoms with Crippen LogP contribution in [0, 0.1) is 0 Å². The van der Waals surface area contributed by atoms with E-state index in [1.54, 1.807) is 24.3 Å². The number of aromatic nitrogens is 2. The first-order chi connectivity index (χ1) is 12.8. The van der Waals surface area contributed by atoms with Crippen molar-refractivity contribution in [1.29, 1.82) is 0 Å². The third kappa shape index (κ3) is 5.16. The number of rotatable bonds is 4. The number of piperidine rings is 1. The second-order valence-electron chi connectivity index (χ2n) is 6.48. The first kappa shape index (κ1) is 19.1. The van der Waals surface area contributed by atoms with E-state index in [-0.39, 0.29) is 24.7 Å². The smallest absolute Gasteiger partial charge is 0.349 e. The molecule has 0 atom stereocenters. The molecular formula is C18H19F3N4O2. The summed E-state index contributed by atoms with van der Waals surface area (Å²) in [6.07, 6.45) is -2.21. The molecule has 0 saturated carbocycles. The number of H-pyrrole nitrogens is 1. The fourth-order valence-corrected chi connectivity index (χ4v) is 3.05. The number of amides is 1. The van der Waals surface area contributed by atoms with Gasteiger partial charge in [-0.25, -0.2) is 4.98 Å². The number of halogens is 3. The number of aromatic amines is 1. The zero-order valence-corrected chi connectivity index (χ0v) is 14.4. The Morgan fingerprint density at radius 1 is 1.22 bits per heavy atom. The summed E-state index contributed by atoms with van der Waals surface area (Å²) in [7, 11) is 0. The molecule has 0 radical (unpaired) electrons. The number of carbonyl (C=O) groups is 1. The van der Waals surface area contributed by atoms with Crippen molar-refractivity contribution >= 4 is 5.91 Å². The zero-order valence-electron chi connectivity index (χ0n) is 14.4. The summed E-state index contributed by atoms with van der Waals surface area (Å²) in [5.74, 6) is -0.213. The topological polar surface area (TPSA) is 78.1 Å². The second kappa shape index (κ2) is 7.91. The number of alkyl halides is 3. The normalized spacial score (nSPS) is 16.3. The van der Waals surface area contributed by atoms with E-state index in [1.807, 2.05) is 6.07 Å². The molecule has 1 aromatic carbocycles. The molecule has 1 amide bonds. The lowest BCUT2D eigenvalue weighted by atomic mass is 10.0. The Balaban J connectivity index is 1.60. The molecule has 2 heterocycles. The molecule has 0 bridgehead atoms. The highest BCUT2D eigenvalue weighted by atomic mass is 19.4. The van der Waals surface area contributed by atoms with Gasteiger partial charge in [0.05, 0.1) is 6.54 Å². The second-order valence-corrected chi connectivity index (χ2v) is 6.48. The first-order valence-electron chi connectivity index (χ1n) is 8.56. The SMILES string of the molecule is O=C(NC1CCN(CC(F)(F)F)CC1)c1cnc(-c2ccccc2)[nH]c1=O. The van der Waals surface area contributed by atoms with Gasteiger partial charge in [-0.2, -0.15) is 13.2 Å². The van der Waals surface area contributed by atoms with Crippen LogP contribution in [-0.2, 0) is 0 Å². The minimum Gasteiger partial charge on any atom is -0.349 e. The van der Waals surface area contributed by atoms with Gasteiger partial charge in [0, 0.05) is 30.9 Å². The molecule has 0 spiro atoms. The third-order valence-electron chi connectivity index (χ3n) is 4.42. The number of hydrogen-bond acceptors (Lipinski definition) is 4. The van der Waals surface area contributed by atoms with Crippen molar-refractivity contribution in [2.24, 2.45) is 0 Å². The quantitative estimate of drug-likeness (QED) is 0.853. The summed E-state index contributed by atoms with van der Waals surface area (Å²) in [5, 5.41) is 2.71. The molecule has 9 heteroatoms. The van der Waals surface area contributed by atoms with Crippen LogP contribution in [0.25, 0.3) is 11.4 Å². The van der Waals surface area contributed by atoms with Crippen molar-refractivity contribution in [2.75, 3.05) is 19.6 Å². The number of likely N-dealkylation sites (tertiary alicyclic amines) is 1. The maximum atomic E-state index is 12.4. The molecule has 3 rings (SSSR count). The van der Waals surface area contributed by atoms with E-state index in [0.29, 0.717) is 18.7 Å². The lowest BCUT2D eigenvalue weighted by Gasteiger charge is -2.32. The Kier molecular flexibility index (Phi) is 5.59. The molecule has 2 aromatic rings. The van der Waals surface area contributed by atoms with Crippen LogP contribution in [0.2, 0.25) is 0 Å². The largest absolute Gasteiger partial charge is 0.401 e. The average Bonchev–Trinajstić information content (AvgIpc) is 2.62. The monoisotopic (exact) mass is 380 g/mol. The number of nitrogens with one attached hydrogen (secondary N) is 2. The summed E-state index contributed by atoms with van der Waals surface area (Å²) in [6, 6.07) is 8.75. The molecule has 0 unspecified atom stereocenters. The molecule has 1 fully saturated rings. The van der Waals surface area contributed by atoms with Crippen LogP contribution in [0.15, 0.2) is 41.3 Å². The van der Waals surface area contributed by atoms with Crippen LogP contribution >= 0.6 is 0 Å². The van der Waals surface area contributed by atoms with Gasteiger partial charge in [-0.05, 0) is 12.8 Å². The summed E-state index contributed by atoms with van der Waals surface area (Å²) in [6.45, 7) is -0.462. The van der Waals surface area contributed by atoms with Crippen LogP contribution in [0.4, 0.5) is 13.2 Å². The van der Waals surface area contributed by atoms with E-state index >= 15 is 0 Å². The van der Waals surface area contributed by atoms with Crippen LogP contribution in [0.5, 0.6) is 0 Å². The van der Waals surface area contributed by atoms with Gasteiger partial charge in [-0.1, -0.05) is 30.3 Å². The fourth-order valence-electron chi connectivity index (χ4n) is 3.05. The van der Waals surface area contributed by atoms with Crippen LogP contribution in [-0.4, -0.2) is 52.6 Å². The van der Waals surface area contributed by atoms with Crippen molar-refractivity contribution in [2.45, 2.75) is 25.1 Å². The molecule has 1 aliphatic heterocycles. The van der Waals surface area contributed by atoms with E-state index in [0.717, 1.165) is 5.56 Å². The molecular weight excluding hydrogens is 361 g/mol. The molecule has 1 aliphatic rings. The standard InChI is InChI=1S/C18H19F3N4O2/c19-18(20,21)11-25-8-6-13(7-9-25)23-16(26)14-10-22-15(24-17(14)27)12-4-2-1-3-5-12/h1-5,10,13H,6-9,11H2,(H,23,26)(H,22,24,27). The molecule has 6 nitrogen and oxygen atoms in total. The molecule has 144 valence electrons. The Morgan fingerprint density at radius 2 is 1.89 bits per heavy atom. The molecule has 0 aliphatic carbocycles. The summed E-state index contributed by atoms with van der Waals surface area (Å²) in [5.41, 5.74) is 0.0434. The minimum atomic E-state index is -4.23. The van der Waals surface area contributed by atoms with Crippen molar-refractivity contribution in [1.82, 2.24) is 20.2 Å². The number of nitrogens with zero attached hydrogens (tertiary/aromatic N) is 2. The van der Waals surface area contributed by atoms with E-state index in [1.165, 1.54) is 11.1 Å². The minimum absolute atomic E-state index is 0.118. The maximum Gasteiger partial charge on any atom is 0.401 e. The van der Waals surface area contributed by atoms with Crippen molar-refractivity contribution in [3.63, 3.8) is 0 Å². The Hall–Kier alpha value is -2.68. The zero-order chi connectivity index (χ0) is 19.4. The van der Waals surface area contributed by atoms with Gasteiger partial charge in [-0.15, -0.1) is 0 Å². The van der Waals surface area contributed by atoms with Gasteiger partial charge in [-0.3, -0.25) is 14.5 Å². The van der Waals surface area contributed by atoms with Crippen molar-refractivity contribution in [3.8, 4) is 11.4 Å². The predicted molar refractivity (Wildman–Crippen MR) is 93.3 cm³/mol. The van der Waals surface area contributed by atoms with Gasteiger partial charge < -0.3 is 10.3 Å². The van der Waals surface area contributed by atoms with E-state index in [9.17, 15) is 22.8 Å². The molecule has 1 aromatic heterocycles. The van der Waals surface area contributed by atoms with Gasteiger partial charge in [0.25, 0.3) is 11.5 Å². The molecule has 2 N–H and O–H groups in total. The first-order valence-corrected chi connectivity index (χ1v) is 8.56. The summed E-state index contributed by atoms with van der Waals surface area (Å²) < 4.78 is 37.2. The van der Waals surface area contributed by atoms with E-state index in [2.05, 4.69) is 15.3 Å². The number of benzene rings is 1. The van der Waals surface area contributed by atoms with Gasteiger partial charge in [0.2, 0.25) is 0 Å². The molecule has 27 heavy (non-hydrogen) atoms. The summed E-state index contributed by atoms with van der Waals surface area (Å²) in [4.78, 5) is 32.6. The maximum absolute atomic E-state index is 12.4. The fraction of sp³-hybridized carbons (Fsp3) is 0.389. The van der Waals surface area contributed by atoms with Gasteiger partial charge in [0.1, 0.15) is 11.4 Å². The Labute approximate surface area is 153 Å². The van der Waals surface area contributed by atoms with Gasteiger partial charge >= 0.3 is 6.18 Å². The lowest BCUT2D eigenvalue weighted by Crippen LogP contribution is -2.47. The average molecular weight is 380 g/mol.